The third kappa shape index (κ3) is 5.05. The van der Waals surface area contributed by atoms with Gasteiger partial charge < -0.3 is 15.5 Å². The van der Waals surface area contributed by atoms with Gasteiger partial charge in [-0.1, -0.05) is 31.4 Å². The van der Waals surface area contributed by atoms with E-state index >= 15 is 0 Å². The minimum atomic E-state index is -0.0374. The van der Waals surface area contributed by atoms with Crippen LogP contribution in [0.5, 0.6) is 5.75 Å². The van der Waals surface area contributed by atoms with E-state index in [2.05, 4.69) is 5.32 Å². The van der Waals surface area contributed by atoms with Crippen LogP contribution >= 0.6 is 0 Å². The Labute approximate surface area is 126 Å². The van der Waals surface area contributed by atoms with Crippen LogP contribution in [0.25, 0.3) is 0 Å². The van der Waals surface area contributed by atoms with Gasteiger partial charge in [-0.05, 0) is 42.9 Å². The molecule has 1 aromatic carbocycles. The van der Waals surface area contributed by atoms with Gasteiger partial charge in [0, 0.05) is 12.6 Å². The first-order valence-corrected chi connectivity index (χ1v) is 7.87. The SMILES string of the molecule is O=C(Cc1cccc(O)c1)NC(CCO)C1CCCCC1. The van der Waals surface area contributed by atoms with Gasteiger partial charge in [0.15, 0.2) is 0 Å². The van der Waals surface area contributed by atoms with E-state index in [9.17, 15) is 15.0 Å². The number of carbonyl (C=O) groups is 1. The molecule has 0 bridgehead atoms. The van der Waals surface area contributed by atoms with E-state index in [1.165, 1.54) is 19.3 Å². The lowest BCUT2D eigenvalue weighted by molar-refractivity contribution is -0.121. The van der Waals surface area contributed by atoms with Crippen LogP contribution in [0.15, 0.2) is 24.3 Å². The van der Waals surface area contributed by atoms with Crippen LogP contribution < -0.4 is 5.32 Å². The number of hydrogen-bond acceptors (Lipinski definition) is 3. The Kier molecular flexibility index (Phi) is 6.05. The highest BCUT2D eigenvalue weighted by Crippen LogP contribution is 2.27. The molecular weight excluding hydrogens is 266 g/mol. The molecule has 4 nitrogen and oxygen atoms in total. The summed E-state index contributed by atoms with van der Waals surface area (Å²) in [6.07, 6.45) is 6.87. The van der Waals surface area contributed by atoms with Gasteiger partial charge in [-0.3, -0.25) is 4.79 Å². The van der Waals surface area contributed by atoms with E-state index in [1.807, 2.05) is 6.07 Å². The maximum Gasteiger partial charge on any atom is 0.224 e. The van der Waals surface area contributed by atoms with Gasteiger partial charge in [0.1, 0.15) is 5.75 Å². The topological polar surface area (TPSA) is 69.6 Å². The number of aromatic hydroxyl groups is 1. The van der Waals surface area contributed by atoms with Crippen molar-refractivity contribution in [1.29, 1.82) is 0 Å². The van der Waals surface area contributed by atoms with Gasteiger partial charge in [-0.15, -0.1) is 0 Å². The van der Waals surface area contributed by atoms with Crippen molar-refractivity contribution < 1.29 is 15.0 Å². The third-order valence-electron chi connectivity index (χ3n) is 4.28. The molecule has 1 atom stereocenters. The van der Waals surface area contributed by atoms with E-state index in [1.54, 1.807) is 18.2 Å². The quantitative estimate of drug-likeness (QED) is 0.753. The summed E-state index contributed by atoms with van der Waals surface area (Å²) in [6, 6.07) is 6.85. The second kappa shape index (κ2) is 8.03. The third-order valence-corrected chi connectivity index (χ3v) is 4.28. The zero-order valence-corrected chi connectivity index (χ0v) is 12.4. The van der Waals surface area contributed by atoms with Crippen molar-refractivity contribution in [3.05, 3.63) is 29.8 Å². The highest BCUT2D eigenvalue weighted by Gasteiger charge is 2.24. The lowest BCUT2D eigenvalue weighted by Gasteiger charge is -2.30. The van der Waals surface area contributed by atoms with E-state index in [-0.39, 0.29) is 30.7 Å². The molecule has 2 rings (SSSR count). The fourth-order valence-corrected chi connectivity index (χ4v) is 3.21. The summed E-state index contributed by atoms with van der Waals surface area (Å²) in [5.74, 6) is 0.628. The molecule has 21 heavy (non-hydrogen) atoms. The summed E-state index contributed by atoms with van der Waals surface area (Å²) in [5.41, 5.74) is 0.805. The number of benzene rings is 1. The first-order valence-electron chi connectivity index (χ1n) is 7.87. The smallest absolute Gasteiger partial charge is 0.224 e. The average molecular weight is 291 g/mol. The molecule has 1 aliphatic rings. The predicted octanol–water partition coefficient (Wildman–Crippen LogP) is 2.38. The number of phenolic OH excluding ortho intramolecular Hbond substituents is 1. The summed E-state index contributed by atoms with van der Waals surface area (Å²) in [7, 11) is 0. The van der Waals surface area contributed by atoms with Crippen LogP contribution in [-0.2, 0) is 11.2 Å². The number of nitrogens with one attached hydrogen (secondary N) is 1. The van der Waals surface area contributed by atoms with Crippen LogP contribution in [-0.4, -0.2) is 28.8 Å². The van der Waals surface area contributed by atoms with Crippen molar-refractivity contribution in [1.82, 2.24) is 5.32 Å². The molecule has 0 saturated heterocycles. The summed E-state index contributed by atoms with van der Waals surface area (Å²) in [5, 5.41) is 21.7. The molecule has 0 radical (unpaired) electrons. The molecule has 1 fully saturated rings. The number of amides is 1. The van der Waals surface area contributed by atoms with Gasteiger partial charge in [0.25, 0.3) is 0 Å². The number of aliphatic hydroxyl groups is 1. The molecular formula is C17H25NO3. The van der Waals surface area contributed by atoms with Crippen LogP contribution in [0.4, 0.5) is 0 Å². The van der Waals surface area contributed by atoms with E-state index in [0.29, 0.717) is 12.3 Å². The Morgan fingerprint density at radius 1 is 1.29 bits per heavy atom. The standard InChI is InChI=1S/C17H25NO3/c19-10-9-16(14-6-2-1-3-7-14)18-17(21)12-13-5-4-8-15(20)11-13/h4-5,8,11,14,16,19-20H,1-3,6-7,9-10,12H2,(H,18,21). The molecule has 1 aromatic rings. The molecule has 0 heterocycles. The minimum Gasteiger partial charge on any atom is -0.508 e. The average Bonchev–Trinajstić information content (AvgIpc) is 2.47. The lowest BCUT2D eigenvalue weighted by Crippen LogP contribution is -2.42. The maximum absolute atomic E-state index is 12.2. The van der Waals surface area contributed by atoms with Crippen LogP contribution in [0.1, 0.15) is 44.1 Å². The van der Waals surface area contributed by atoms with Crippen molar-refractivity contribution in [2.75, 3.05) is 6.61 Å². The Bertz CT molecular complexity index is 455. The summed E-state index contributed by atoms with van der Waals surface area (Å²) in [6.45, 7) is 0.105. The number of carbonyl (C=O) groups excluding carboxylic acids is 1. The van der Waals surface area contributed by atoms with Crippen LogP contribution in [0, 0.1) is 5.92 Å². The molecule has 116 valence electrons. The van der Waals surface area contributed by atoms with E-state index in [4.69, 9.17) is 0 Å². The lowest BCUT2D eigenvalue weighted by atomic mass is 9.82. The minimum absolute atomic E-state index is 0.0374. The van der Waals surface area contributed by atoms with E-state index < -0.39 is 0 Å². The molecule has 4 heteroatoms. The molecule has 0 aliphatic heterocycles. The van der Waals surface area contributed by atoms with Crippen molar-refractivity contribution in [3.8, 4) is 5.75 Å². The molecule has 1 unspecified atom stereocenters. The Hall–Kier alpha value is -1.55. The number of hydrogen-bond donors (Lipinski definition) is 3. The first kappa shape index (κ1) is 15.8. The van der Waals surface area contributed by atoms with Gasteiger partial charge in [0.05, 0.1) is 6.42 Å². The fraction of sp³-hybridized carbons (Fsp3) is 0.588. The highest BCUT2D eigenvalue weighted by atomic mass is 16.3. The van der Waals surface area contributed by atoms with Crippen molar-refractivity contribution in [2.24, 2.45) is 5.92 Å². The van der Waals surface area contributed by atoms with Crippen LogP contribution in [0.2, 0.25) is 0 Å². The Morgan fingerprint density at radius 2 is 2.05 bits per heavy atom. The van der Waals surface area contributed by atoms with Crippen molar-refractivity contribution in [2.45, 2.75) is 51.0 Å². The summed E-state index contributed by atoms with van der Waals surface area (Å²) in [4.78, 5) is 12.2. The molecule has 1 amide bonds. The molecule has 1 aliphatic carbocycles. The monoisotopic (exact) mass is 291 g/mol. The summed E-state index contributed by atoms with van der Waals surface area (Å²) >= 11 is 0. The van der Waals surface area contributed by atoms with Crippen molar-refractivity contribution >= 4 is 5.91 Å². The second-order valence-corrected chi connectivity index (χ2v) is 5.93. The van der Waals surface area contributed by atoms with Crippen LogP contribution in [0.3, 0.4) is 0 Å². The number of phenols is 1. The van der Waals surface area contributed by atoms with Gasteiger partial charge in [-0.25, -0.2) is 0 Å². The highest BCUT2D eigenvalue weighted by molar-refractivity contribution is 5.79. The molecule has 1 saturated carbocycles. The zero-order chi connectivity index (χ0) is 15.1. The summed E-state index contributed by atoms with van der Waals surface area (Å²) < 4.78 is 0. The molecule has 3 N–H and O–H groups in total. The fourth-order valence-electron chi connectivity index (χ4n) is 3.21. The Balaban J connectivity index is 1.91. The first-order chi connectivity index (χ1) is 10.2. The predicted molar refractivity (Wildman–Crippen MR) is 82.0 cm³/mol. The van der Waals surface area contributed by atoms with Gasteiger partial charge in [0.2, 0.25) is 5.91 Å². The Morgan fingerprint density at radius 3 is 2.71 bits per heavy atom. The molecule has 0 spiro atoms. The van der Waals surface area contributed by atoms with E-state index in [0.717, 1.165) is 18.4 Å². The molecule has 0 aromatic heterocycles. The maximum atomic E-state index is 12.2. The van der Waals surface area contributed by atoms with Crippen molar-refractivity contribution in [3.63, 3.8) is 0 Å². The number of aliphatic hydroxyl groups excluding tert-OH is 1. The second-order valence-electron chi connectivity index (χ2n) is 5.93. The van der Waals surface area contributed by atoms with Gasteiger partial charge >= 0.3 is 0 Å². The normalized spacial score (nSPS) is 17.4. The number of rotatable bonds is 6. The zero-order valence-electron chi connectivity index (χ0n) is 12.4. The largest absolute Gasteiger partial charge is 0.508 e. The van der Waals surface area contributed by atoms with Gasteiger partial charge in [-0.2, -0.15) is 0 Å².